The smallest absolute Gasteiger partial charge is 0.249 e. The molecule has 0 spiro atoms. The van der Waals surface area contributed by atoms with Gasteiger partial charge in [0.15, 0.2) is 0 Å². The number of carbonyl (C=O) groups is 1. The summed E-state index contributed by atoms with van der Waals surface area (Å²) in [7, 11) is 0. The first-order valence-corrected chi connectivity index (χ1v) is 8.87. The quantitative estimate of drug-likeness (QED) is 0.763. The largest absolute Gasteiger partial charge is 0.475 e. The molecule has 1 saturated heterocycles. The molecule has 6 nitrogen and oxygen atoms in total. The predicted octanol–water partition coefficient (Wildman–Crippen LogP) is 2.47. The molecule has 1 aliphatic heterocycles. The SMILES string of the molecule is CCOCC(=O)N1CCOC(COc2ccccn2)C1c1ccccc1. The molecule has 1 aliphatic rings. The Hall–Kier alpha value is -2.44. The molecule has 3 rings (SSSR count). The van der Waals surface area contributed by atoms with Crippen LogP contribution in [0, 0.1) is 0 Å². The zero-order chi connectivity index (χ0) is 18.2. The molecule has 138 valence electrons. The van der Waals surface area contributed by atoms with E-state index < -0.39 is 0 Å². The maximum atomic E-state index is 12.7. The number of ether oxygens (including phenoxy) is 3. The fourth-order valence-corrected chi connectivity index (χ4v) is 3.07. The van der Waals surface area contributed by atoms with Gasteiger partial charge in [-0.1, -0.05) is 36.4 Å². The van der Waals surface area contributed by atoms with E-state index in [4.69, 9.17) is 14.2 Å². The molecule has 1 aromatic carbocycles. The van der Waals surface area contributed by atoms with Gasteiger partial charge in [0.2, 0.25) is 11.8 Å². The minimum atomic E-state index is -0.279. The van der Waals surface area contributed by atoms with Gasteiger partial charge in [-0.2, -0.15) is 0 Å². The Labute approximate surface area is 153 Å². The van der Waals surface area contributed by atoms with E-state index in [-0.39, 0.29) is 24.7 Å². The molecule has 6 heteroatoms. The molecule has 2 unspecified atom stereocenters. The van der Waals surface area contributed by atoms with Crippen LogP contribution in [0.15, 0.2) is 54.7 Å². The molecular formula is C20H24N2O4. The number of carbonyl (C=O) groups excluding carboxylic acids is 1. The number of nitrogens with zero attached hydrogens (tertiary/aromatic N) is 2. The van der Waals surface area contributed by atoms with E-state index in [2.05, 4.69) is 4.98 Å². The van der Waals surface area contributed by atoms with Crippen molar-refractivity contribution in [2.45, 2.75) is 19.1 Å². The maximum Gasteiger partial charge on any atom is 0.249 e. The first kappa shape index (κ1) is 18.4. The van der Waals surface area contributed by atoms with Crippen LogP contribution in [-0.2, 0) is 14.3 Å². The second-order valence-electron chi connectivity index (χ2n) is 5.97. The van der Waals surface area contributed by atoms with Crippen LogP contribution in [0.1, 0.15) is 18.5 Å². The second kappa shape index (κ2) is 9.31. The average molecular weight is 356 g/mol. The van der Waals surface area contributed by atoms with Crippen LogP contribution in [0.3, 0.4) is 0 Å². The monoisotopic (exact) mass is 356 g/mol. The zero-order valence-corrected chi connectivity index (χ0v) is 14.9. The van der Waals surface area contributed by atoms with Crippen molar-refractivity contribution in [3.63, 3.8) is 0 Å². The summed E-state index contributed by atoms with van der Waals surface area (Å²) in [6.07, 6.45) is 1.41. The predicted molar refractivity (Wildman–Crippen MR) is 96.9 cm³/mol. The number of hydrogen-bond donors (Lipinski definition) is 0. The lowest BCUT2D eigenvalue weighted by atomic mass is 9.98. The first-order chi connectivity index (χ1) is 12.8. The molecule has 2 heterocycles. The van der Waals surface area contributed by atoms with Gasteiger partial charge < -0.3 is 19.1 Å². The number of pyridine rings is 1. The molecule has 0 bridgehead atoms. The standard InChI is InChI=1S/C20H24N2O4/c1-2-24-15-19(23)22-12-13-25-17(14-26-18-10-6-7-11-21-18)20(22)16-8-4-3-5-9-16/h3-11,17,20H,2,12-15H2,1H3. The van der Waals surface area contributed by atoms with Crippen LogP contribution in [-0.4, -0.2) is 54.9 Å². The summed E-state index contributed by atoms with van der Waals surface area (Å²) >= 11 is 0. The molecular weight excluding hydrogens is 332 g/mol. The van der Waals surface area contributed by atoms with Gasteiger partial charge in [-0.3, -0.25) is 4.79 Å². The van der Waals surface area contributed by atoms with Crippen molar-refractivity contribution >= 4 is 5.91 Å². The van der Waals surface area contributed by atoms with E-state index in [1.807, 2.05) is 54.3 Å². The Morgan fingerprint density at radius 2 is 2.04 bits per heavy atom. The van der Waals surface area contributed by atoms with Crippen molar-refractivity contribution in [3.8, 4) is 5.88 Å². The molecule has 1 fully saturated rings. The molecule has 0 saturated carbocycles. The Bertz CT molecular complexity index is 681. The highest BCUT2D eigenvalue weighted by Gasteiger charge is 2.36. The van der Waals surface area contributed by atoms with Gasteiger partial charge in [0.05, 0.1) is 12.6 Å². The lowest BCUT2D eigenvalue weighted by Gasteiger charge is -2.41. The Morgan fingerprint density at radius 1 is 1.23 bits per heavy atom. The summed E-state index contributed by atoms with van der Waals surface area (Å²) in [6.45, 7) is 3.79. The minimum absolute atomic E-state index is 0.0353. The summed E-state index contributed by atoms with van der Waals surface area (Å²) in [6, 6.07) is 15.2. The van der Waals surface area contributed by atoms with Gasteiger partial charge >= 0.3 is 0 Å². The highest BCUT2D eigenvalue weighted by atomic mass is 16.5. The summed E-state index contributed by atoms with van der Waals surface area (Å²) in [5.41, 5.74) is 1.02. The number of rotatable bonds is 7. The highest BCUT2D eigenvalue weighted by Crippen LogP contribution is 2.30. The summed E-state index contributed by atoms with van der Waals surface area (Å²) in [5.74, 6) is 0.507. The number of benzene rings is 1. The van der Waals surface area contributed by atoms with Crippen molar-refractivity contribution in [1.82, 2.24) is 9.88 Å². The third kappa shape index (κ3) is 4.59. The van der Waals surface area contributed by atoms with Gasteiger partial charge in [-0.05, 0) is 18.6 Å². The summed E-state index contributed by atoms with van der Waals surface area (Å²) < 4.78 is 17.1. The summed E-state index contributed by atoms with van der Waals surface area (Å²) in [4.78, 5) is 18.7. The van der Waals surface area contributed by atoms with E-state index >= 15 is 0 Å². The van der Waals surface area contributed by atoms with Crippen molar-refractivity contribution in [2.75, 3.05) is 33.0 Å². The topological polar surface area (TPSA) is 60.9 Å². The molecule has 0 N–H and O–H groups in total. The van der Waals surface area contributed by atoms with Crippen molar-refractivity contribution < 1.29 is 19.0 Å². The fraction of sp³-hybridized carbons (Fsp3) is 0.400. The Kier molecular flexibility index (Phi) is 6.57. The van der Waals surface area contributed by atoms with Gasteiger partial charge in [0.1, 0.15) is 19.3 Å². The third-order valence-electron chi connectivity index (χ3n) is 4.28. The second-order valence-corrected chi connectivity index (χ2v) is 5.97. The van der Waals surface area contributed by atoms with E-state index in [0.717, 1.165) is 5.56 Å². The molecule has 1 aromatic heterocycles. The average Bonchev–Trinajstić information content (AvgIpc) is 2.71. The van der Waals surface area contributed by atoms with Crippen molar-refractivity contribution in [1.29, 1.82) is 0 Å². The van der Waals surface area contributed by atoms with Crippen LogP contribution >= 0.6 is 0 Å². The van der Waals surface area contributed by atoms with Crippen LogP contribution in [0.4, 0.5) is 0 Å². The first-order valence-electron chi connectivity index (χ1n) is 8.87. The molecule has 26 heavy (non-hydrogen) atoms. The van der Waals surface area contributed by atoms with Gasteiger partial charge in [-0.15, -0.1) is 0 Å². The Balaban J connectivity index is 1.78. The fourth-order valence-electron chi connectivity index (χ4n) is 3.07. The minimum Gasteiger partial charge on any atom is -0.475 e. The van der Waals surface area contributed by atoms with E-state index in [1.54, 1.807) is 12.3 Å². The number of hydrogen-bond acceptors (Lipinski definition) is 5. The highest BCUT2D eigenvalue weighted by molar-refractivity contribution is 5.78. The van der Waals surface area contributed by atoms with E-state index in [0.29, 0.717) is 32.2 Å². The summed E-state index contributed by atoms with van der Waals surface area (Å²) in [5, 5.41) is 0. The molecule has 0 radical (unpaired) electrons. The lowest BCUT2D eigenvalue weighted by molar-refractivity contribution is -0.153. The van der Waals surface area contributed by atoms with Gasteiger partial charge in [0, 0.05) is 25.4 Å². The lowest BCUT2D eigenvalue weighted by Crippen LogP contribution is -2.51. The number of aromatic nitrogens is 1. The van der Waals surface area contributed by atoms with E-state index in [1.165, 1.54) is 0 Å². The van der Waals surface area contributed by atoms with Crippen LogP contribution in [0.25, 0.3) is 0 Å². The molecule has 2 atom stereocenters. The Morgan fingerprint density at radius 3 is 2.77 bits per heavy atom. The molecule has 0 aliphatic carbocycles. The number of amides is 1. The van der Waals surface area contributed by atoms with Crippen LogP contribution < -0.4 is 4.74 Å². The molecule has 1 amide bonds. The zero-order valence-electron chi connectivity index (χ0n) is 14.9. The van der Waals surface area contributed by atoms with Crippen molar-refractivity contribution in [3.05, 3.63) is 60.3 Å². The van der Waals surface area contributed by atoms with Crippen molar-refractivity contribution in [2.24, 2.45) is 0 Å². The van der Waals surface area contributed by atoms with Crippen LogP contribution in [0.5, 0.6) is 5.88 Å². The van der Waals surface area contributed by atoms with Gasteiger partial charge in [-0.25, -0.2) is 4.98 Å². The molecule has 2 aromatic rings. The van der Waals surface area contributed by atoms with Gasteiger partial charge in [0.25, 0.3) is 0 Å². The normalized spacial score (nSPS) is 20.0. The number of morpholine rings is 1. The maximum absolute atomic E-state index is 12.7. The third-order valence-corrected chi connectivity index (χ3v) is 4.28. The van der Waals surface area contributed by atoms with Crippen LogP contribution in [0.2, 0.25) is 0 Å². The van der Waals surface area contributed by atoms with E-state index in [9.17, 15) is 4.79 Å².